The zero-order valence-electron chi connectivity index (χ0n) is 23.3. The van der Waals surface area contributed by atoms with E-state index in [9.17, 15) is 14.1 Å². The predicted octanol–water partition coefficient (Wildman–Crippen LogP) is 6.97. The summed E-state index contributed by atoms with van der Waals surface area (Å²) in [5.74, 6) is 0.364. The van der Waals surface area contributed by atoms with Crippen LogP contribution in [0, 0.1) is 17.8 Å². The number of nitrogens with zero attached hydrogens (tertiary/aromatic N) is 2. The maximum atomic E-state index is 13.2. The first-order chi connectivity index (χ1) is 18.6. The van der Waals surface area contributed by atoms with Gasteiger partial charge in [0.2, 0.25) is 0 Å². The average Bonchev–Trinajstić information content (AvgIpc) is 2.94. The molecule has 2 aromatic rings. The lowest BCUT2D eigenvalue weighted by atomic mass is 9.89. The Bertz CT molecular complexity index is 1290. The third-order valence-corrected chi connectivity index (χ3v) is 9.93. The third kappa shape index (κ3) is 7.44. The van der Waals surface area contributed by atoms with Crippen molar-refractivity contribution in [3.63, 3.8) is 0 Å². The average molecular weight is 572 g/mol. The van der Waals surface area contributed by atoms with E-state index in [0.717, 1.165) is 30.0 Å². The number of halogens is 1. The van der Waals surface area contributed by atoms with Gasteiger partial charge >= 0.3 is 0 Å². The van der Waals surface area contributed by atoms with E-state index < -0.39 is 22.6 Å². The molecule has 0 aliphatic carbocycles. The Hall–Kier alpha value is -2.35. The quantitative estimate of drug-likeness (QED) is 0.273. The lowest BCUT2D eigenvalue weighted by Gasteiger charge is -2.33. The molecule has 2 aromatic carbocycles. The SMILES string of the molecule is CC1CN2Cc3ccc(Cl)cc3CCCCOc3ccc(cc32)C(=O)N=[S-](=O)C(C)C(C)CC=CC(O)C1C. The summed E-state index contributed by atoms with van der Waals surface area (Å²) in [4.78, 5) is 15.4. The molecule has 2 heterocycles. The van der Waals surface area contributed by atoms with E-state index in [2.05, 4.69) is 29.2 Å². The zero-order chi connectivity index (χ0) is 28.1. The molecular weight excluding hydrogens is 532 g/mol. The van der Waals surface area contributed by atoms with Gasteiger partial charge in [0.25, 0.3) is 5.91 Å². The molecule has 0 aromatic heterocycles. The number of carbonyl (C=O) groups excluding carboxylic acids is 1. The number of allylic oxidation sites excluding steroid dienone is 1. The highest BCUT2D eigenvalue weighted by Gasteiger charge is 2.25. The van der Waals surface area contributed by atoms with Gasteiger partial charge in [-0.15, -0.1) is 0 Å². The van der Waals surface area contributed by atoms with Crippen LogP contribution in [-0.4, -0.2) is 35.5 Å². The van der Waals surface area contributed by atoms with Gasteiger partial charge in [-0.3, -0.25) is 4.79 Å². The fourth-order valence-electron chi connectivity index (χ4n) is 5.12. The lowest BCUT2D eigenvalue weighted by Crippen LogP contribution is -2.34. The topological polar surface area (TPSA) is 79.2 Å². The molecule has 1 amide bonds. The van der Waals surface area contributed by atoms with Gasteiger partial charge in [-0.2, -0.15) is 10.6 Å². The summed E-state index contributed by atoms with van der Waals surface area (Å²) in [7, 11) is -1.67. The minimum Gasteiger partial charge on any atom is -0.491 e. The molecule has 1 N–H and O–H groups in total. The van der Waals surface area contributed by atoms with Crippen molar-refractivity contribution in [1.82, 2.24) is 0 Å². The summed E-state index contributed by atoms with van der Waals surface area (Å²) in [6.07, 6.45) is 6.63. The molecule has 5 atom stereocenters. The summed E-state index contributed by atoms with van der Waals surface area (Å²) < 4.78 is 23.3. The molecule has 4 rings (SSSR count). The number of aryl methyl sites for hydroxylation is 1. The number of hydrogen-bond acceptors (Lipinski definition) is 6. The Morgan fingerprint density at radius 1 is 1.05 bits per heavy atom. The molecule has 6 nitrogen and oxygen atoms in total. The second-order valence-electron chi connectivity index (χ2n) is 11.1. The van der Waals surface area contributed by atoms with Crippen LogP contribution < -0.4 is 9.64 Å². The molecule has 5 unspecified atom stereocenters. The van der Waals surface area contributed by atoms with E-state index in [-0.39, 0.29) is 23.0 Å². The summed E-state index contributed by atoms with van der Waals surface area (Å²) in [6, 6.07) is 11.4. The zero-order valence-corrected chi connectivity index (χ0v) is 24.9. The number of aliphatic hydroxyl groups is 1. The summed E-state index contributed by atoms with van der Waals surface area (Å²) in [5, 5.41) is 11.4. The maximum absolute atomic E-state index is 13.2. The van der Waals surface area contributed by atoms with Crippen LogP contribution in [0.2, 0.25) is 5.02 Å². The van der Waals surface area contributed by atoms with Gasteiger partial charge in [-0.25, -0.2) is 0 Å². The fourth-order valence-corrected chi connectivity index (χ4v) is 6.26. The highest BCUT2D eigenvalue weighted by molar-refractivity contribution is 7.75. The number of amides is 1. The van der Waals surface area contributed by atoms with E-state index in [1.165, 1.54) is 11.1 Å². The van der Waals surface area contributed by atoms with Crippen molar-refractivity contribution < 1.29 is 18.8 Å². The van der Waals surface area contributed by atoms with Gasteiger partial charge in [0, 0.05) is 23.7 Å². The Morgan fingerprint density at radius 3 is 2.64 bits per heavy atom. The van der Waals surface area contributed by atoms with Crippen LogP contribution in [0.5, 0.6) is 5.75 Å². The first kappa shape index (κ1) is 29.6. The standard InChI is InChI=1S/C31H40ClN2O4S/c1-20-8-7-10-29(35)22(3)21(2)18-34-19-26-11-13-27(32)16-24(26)9-5-6-15-38-30-14-12-25(17-28(30)34)31(36)33-39(37)23(20)4/h7,10-14,16-17,20-23,29,35H,5-6,8-9,15,18-19H2,1-4H3/q-1. The predicted molar refractivity (Wildman–Crippen MR) is 159 cm³/mol. The Kier molecular flexibility index (Phi) is 10.1. The number of rotatable bonds is 0. The van der Waals surface area contributed by atoms with E-state index in [4.69, 9.17) is 16.3 Å². The Balaban J connectivity index is 1.85. The number of benzene rings is 2. The van der Waals surface area contributed by atoms with Crippen LogP contribution in [0.4, 0.5) is 5.69 Å². The van der Waals surface area contributed by atoms with Gasteiger partial charge in [-0.05, 0) is 79.0 Å². The van der Waals surface area contributed by atoms with Crippen molar-refractivity contribution in [2.24, 2.45) is 22.1 Å². The van der Waals surface area contributed by atoms with Crippen molar-refractivity contribution in [3.05, 3.63) is 70.3 Å². The second kappa shape index (κ2) is 13.3. The molecule has 0 saturated heterocycles. The fraction of sp³-hybridized carbons (Fsp3) is 0.516. The number of ether oxygens (including phenoxy) is 1. The van der Waals surface area contributed by atoms with E-state index in [1.807, 2.05) is 50.3 Å². The van der Waals surface area contributed by atoms with Crippen LogP contribution in [0.25, 0.3) is 0 Å². The van der Waals surface area contributed by atoms with Crippen LogP contribution in [0.15, 0.2) is 52.9 Å². The van der Waals surface area contributed by atoms with Crippen LogP contribution in [-0.2, 0) is 27.8 Å². The molecule has 2 aliphatic rings. The first-order valence-corrected chi connectivity index (χ1v) is 15.5. The second-order valence-corrected chi connectivity index (χ2v) is 13.0. The van der Waals surface area contributed by atoms with E-state index in [1.54, 1.807) is 6.07 Å². The van der Waals surface area contributed by atoms with Crippen molar-refractivity contribution in [2.75, 3.05) is 18.1 Å². The number of aliphatic hydroxyl groups excluding tert-OH is 1. The largest absolute Gasteiger partial charge is 0.491 e. The molecule has 39 heavy (non-hydrogen) atoms. The number of hydrogen-bond donors (Lipinski definition) is 1. The van der Waals surface area contributed by atoms with Gasteiger partial charge in [-0.1, -0.05) is 68.7 Å². The van der Waals surface area contributed by atoms with Crippen LogP contribution in [0.1, 0.15) is 68.4 Å². The summed E-state index contributed by atoms with van der Waals surface area (Å²) in [6.45, 7) is 9.86. The van der Waals surface area contributed by atoms with Gasteiger partial charge < -0.3 is 23.3 Å². The maximum Gasteiger partial charge on any atom is 0.254 e. The van der Waals surface area contributed by atoms with Crippen LogP contribution in [0.3, 0.4) is 0 Å². The highest BCUT2D eigenvalue weighted by atomic mass is 35.5. The highest BCUT2D eigenvalue weighted by Crippen LogP contribution is 2.35. The third-order valence-electron chi connectivity index (χ3n) is 8.25. The summed E-state index contributed by atoms with van der Waals surface area (Å²) >= 11 is 6.37. The smallest absolute Gasteiger partial charge is 0.254 e. The number of anilines is 1. The first-order valence-electron chi connectivity index (χ1n) is 13.9. The molecule has 0 saturated carbocycles. The Labute approximate surface area is 239 Å². The van der Waals surface area contributed by atoms with Crippen molar-refractivity contribution in [1.29, 1.82) is 0 Å². The van der Waals surface area contributed by atoms with E-state index >= 15 is 0 Å². The number of fused-ring (bicyclic) bond motifs is 2. The van der Waals surface area contributed by atoms with Gasteiger partial charge in [0.05, 0.1) is 18.4 Å². The van der Waals surface area contributed by atoms with Crippen molar-refractivity contribution in [3.8, 4) is 5.75 Å². The van der Waals surface area contributed by atoms with Gasteiger partial charge in [0.1, 0.15) is 5.75 Å². The lowest BCUT2D eigenvalue weighted by molar-refractivity contribution is 0.100. The normalized spacial score (nSPS) is 27.6. The van der Waals surface area contributed by atoms with Gasteiger partial charge in [0.15, 0.2) is 0 Å². The Morgan fingerprint density at radius 2 is 1.85 bits per heavy atom. The molecule has 0 spiro atoms. The molecular formula is C31H40ClN2O4S-. The van der Waals surface area contributed by atoms with E-state index in [0.29, 0.717) is 37.4 Å². The minimum absolute atomic E-state index is 0.0110. The molecule has 0 fully saturated rings. The summed E-state index contributed by atoms with van der Waals surface area (Å²) in [5.41, 5.74) is 3.56. The molecule has 2 aliphatic heterocycles. The molecule has 8 heteroatoms. The van der Waals surface area contributed by atoms with Crippen molar-refractivity contribution in [2.45, 2.75) is 71.3 Å². The minimum atomic E-state index is -1.67. The monoisotopic (exact) mass is 571 g/mol. The van der Waals surface area contributed by atoms with Crippen LogP contribution >= 0.6 is 11.6 Å². The number of carbonyl (C=O) groups is 1. The molecule has 0 radical (unpaired) electrons. The molecule has 2 bridgehead atoms. The van der Waals surface area contributed by atoms with Crippen molar-refractivity contribution >= 4 is 33.8 Å². The molecule has 212 valence electrons.